The second-order valence-corrected chi connectivity index (χ2v) is 7.76. The first-order valence-electron chi connectivity index (χ1n) is 8.09. The first kappa shape index (κ1) is 21.8. The lowest BCUT2D eigenvalue weighted by Gasteiger charge is -2.17. The molecule has 0 aromatic heterocycles. The summed E-state index contributed by atoms with van der Waals surface area (Å²) >= 11 is 0. The fraction of sp³-hybridized carbons (Fsp3) is 0.556. The highest BCUT2D eigenvalue weighted by Crippen LogP contribution is 2.15. The Hall–Kier alpha value is -1.17. The SMILES string of the molecule is C=Cc1ccccc1S(=O)(=O)O.CCCCCCCC(C)(C)N. The van der Waals surface area contributed by atoms with E-state index in [4.69, 9.17) is 10.3 Å². The van der Waals surface area contributed by atoms with Gasteiger partial charge in [0.2, 0.25) is 0 Å². The zero-order chi connectivity index (χ0) is 17.9. The summed E-state index contributed by atoms with van der Waals surface area (Å²) in [6.07, 6.45) is 9.28. The van der Waals surface area contributed by atoms with Gasteiger partial charge in [-0.1, -0.05) is 69.9 Å². The molecule has 5 heteroatoms. The Morgan fingerprint density at radius 3 is 2.17 bits per heavy atom. The Morgan fingerprint density at radius 2 is 1.74 bits per heavy atom. The predicted octanol–water partition coefficient (Wildman–Crippen LogP) is 4.66. The number of hydrogen-bond acceptors (Lipinski definition) is 3. The maximum Gasteiger partial charge on any atom is 0.295 e. The third-order valence-electron chi connectivity index (χ3n) is 3.34. The van der Waals surface area contributed by atoms with Crippen molar-refractivity contribution in [2.45, 2.75) is 69.7 Å². The second kappa shape index (κ2) is 10.6. The summed E-state index contributed by atoms with van der Waals surface area (Å²) in [5, 5.41) is 0. The Morgan fingerprint density at radius 1 is 1.17 bits per heavy atom. The van der Waals surface area contributed by atoms with Crippen LogP contribution in [0.3, 0.4) is 0 Å². The van der Waals surface area contributed by atoms with Gasteiger partial charge in [-0.05, 0) is 31.9 Å². The topological polar surface area (TPSA) is 80.4 Å². The predicted molar refractivity (Wildman–Crippen MR) is 98.0 cm³/mol. The zero-order valence-electron chi connectivity index (χ0n) is 14.6. The minimum Gasteiger partial charge on any atom is -0.326 e. The van der Waals surface area contributed by atoms with Gasteiger partial charge in [0, 0.05) is 5.54 Å². The van der Waals surface area contributed by atoms with Gasteiger partial charge in [-0.15, -0.1) is 0 Å². The smallest absolute Gasteiger partial charge is 0.295 e. The van der Waals surface area contributed by atoms with Crippen molar-refractivity contribution in [3.8, 4) is 0 Å². The van der Waals surface area contributed by atoms with Crippen LogP contribution >= 0.6 is 0 Å². The molecule has 0 heterocycles. The highest BCUT2D eigenvalue weighted by molar-refractivity contribution is 7.85. The second-order valence-electron chi connectivity index (χ2n) is 6.37. The quantitative estimate of drug-likeness (QED) is 0.532. The lowest BCUT2D eigenvalue weighted by Crippen LogP contribution is -2.31. The standard InChI is InChI=1S/C10H23N.C8H8O3S/c1-4-5-6-7-8-9-10(2,3)11;1-2-7-5-3-4-6-8(7)12(9,10)11/h4-9,11H2,1-3H3;2-6H,1H2,(H,9,10,11). The van der Waals surface area contributed by atoms with Gasteiger partial charge in [-0.2, -0.15) is 8.42 Å². The fourth-order valence-corrected chi connectivity index (χ4v) is 2.77. The van der Waals surface area contributed by atoms with Gasteiger partial charge in [0.1, 0.15) is 4.90 Å². The molecule has 0 radical (unpaired) electrons. The van der Waals surface area contributed by atoms with Gasteiger partial charge in [0.15, 0.2) is 0 Å². The van der Waals surface area contributed by atoms with Crippen molar-refractivity contribution in [3.05, 3.63) is 36.4 Å². The van der Waals surface area contributed by atoms with Gasteiger partial charge in [-0.25, -0.2) is 0 Å². The van der Waals surface area contributed by atoms with E-state index >= 15 is 0 Å². The molecule has 0 saturated carbocycles. The molecule has 1 rings (SSSR count). The molecule has 1 aromatic carbocycles. The number of benzene rings is 1. The minimum atomic E-state index is -4.12. The average molecular weight is 342 g/mol. The summed E-state index contributed by atoms with van der Waals surface area (Å²) in [5.41, 5.74) is 6.30. The van der Waals surface area contributed by atoms with Gasteiger partial charge in [0.05, 0.1) is 0 Å². The van der Waals surface area contributed by atoms with E-state index in [-0.39, 0.29) is 10.4 Å². The van der Waals surface area contributed by atoms with Crippen molar-refractivity contribution in [2.24, 2.45) is 5.73 Å². The van der Waals surface area contributed by atoms with Crippen LogP contribution in [-0.2, 0) is 10.1 Å². The molecule has 3 N–H and O–H groups in total. The molecule has 0 amide bonds. The molecule has 0 saturated heterocycles. The maximum atomic E-state index is 10.7. The summed E-state index contributed by atoms with van der Waals surface area (Å²) in [6.45, 7) is 9.88. The van der Waals surface area contributed by atoms with Crippen LogP contribution in [-0.4, -0.2) is 18.5 Å². The number of hydrogen-bond donors (Lipinski definition) is 2. The maximum absolute atomic E-state index is 10.7. The summed E-state index contributed by atoms with van der Waals surface area (Å²) in [7, 11) is -4.12. The molecule has 0 fully saturated rings. The van der Waals surface area contributed by atoms with E-state index in [1.807, 2.05) is 0 Å². The minimum absolute atomic E-state index is 0.0478. The van der Waals surface area contributed by atoms with Crippen molar-refractivity contribution >= 4 is 16.2 Å². The zero-order valence-corrected chi connectivity index (χ0v) is 15.4. The summed E-state index contributed by atoms with van der Waals surface area (Å²) in [5.74, 6) is 0. The number of nitrogens with two attached hydrogens (primary N) is 1. The third-order valence-corrected chi connectivity index (χ3v) is 4.27. The van der Waals surface area contributed by atoms with Crippen LogP contribution in [0.2, 0.25) is 0 Å². The van der Waals surface area contributed by atoms with Crippen molar-refractivity contribution in [1.82, 2.24) is 0 Å². The van der Waals surface area contributed by atoms with Crippen LogP contribution in [0.5, 0.6) is 0 Å². The van der Waals surface area contributed by atoms with Crippen LogP contribution < -0.4 is 5.73 Å². The Labute approximate surface area is 141 Å². The van der Waals surface area contributed by atoms with Crippen LogP contribution in [0.1, 0.15) is 64.9 Å². The highest BCUT2D eigenvalue weighted by Gasteiger charge is 2.11. The Balaban J connectivity index is 0.000000423. The number of unbranched alkanes of at least 4 members (excludes halogenated alkanes) is 4. The number of rotatable bonds is 8. The van der Waals surface area contributed by atoms with E-state index in [2.05, 4.69) is 27.4 Å². The lowest BCUT2D eigenvalue weighted by molar-refractivity contribution is 0.443. The average Bonchev–Trinajstić information content (AvgIpc) is 2.45. The van der Waals surface area contributed by atoms with Gasteiger partial charge in [0.25, 0.3) is 10.1 Å². The normalized spacial score (nSPS) is 11.5. The first-order chi connectivity index (χ1) is 10.6. The Bertz CT molecular complexity index is 560. The van der Waals surface area contributed by atoms with Crippen LogP contribution in [0.25, 0.3) is 6.08 Å². The van der Waals surface area contributed by atoms with E-state index in [0.29, 0.717) is 5.56 Å². The first-order valence-corrected chi connectivity index (χ1v) is 9.53. The molecule has 4 nitrogen and oxygen atoms in total. The Kier molecular flexibility index (Phi) is 10.0. The summed E-state index contributed by atoms with van der Waals surface area (Å²) in [4.78, 5) is -0.111. The molecule has 0 aliphatic rings. The molecule has 23 heavy (non-hydrogen) atoms. The van der Waals surface area contributed by atoms with E-state index in [9.17, 15) is 8.42 Å². The van der Waals surface area contributed by atoms with Gasteiger partial charge < -0.3 is 5.73 Å². The molecule has 0 aliphatic heterocycles. The van der Waals surface area contributed by atoms with Crippen LogP contribution in [0.4, 0.5) is 0 Å². The van der Waals surface area contributed by atoms with Crippen LogP contribution in [0.15, 0.2) is 35.7 Å². The van der Waals surface area contributed by atoms with Crippen molar-refractivity contribution in [2.75, 3.05) is 0 Å². The molecule has 0 bridgehead atoms. The molecule has 0 aliphatic carbocycles. The molecule has 0 atom stereocenters. The van der Waals surface area contributed by atoms with Crippen LogP contribution in [0, 0.1) is 0 Å². The summed E-state index contributed by atoms with van der Waals surface area (Å²) < 4.78 is 30.2. The molecule has 0 spiro atoms. The highest BCUT2D eigenvalue weighted by atomic mass is 32.2. The van der Waals surface area contributed by atoms with Gasteiger partial charge >= 0.3 is 0 Å². The van der Waals surface area contributed by atoms with E-state index in [0.717, 1.165) is 6.42 Å². The largest absolute Gasteiger partial charge is 0.326 e. The summed E-state index contributed by atoms with van der Waals surface area (Å²) in [6, 6.07) is 6.10. The molecule has 1 aromatic rings. The molecular formula is C18H31NO3S. The van der Waals surface area contributed by atoms with Crippen molar-refractivity contribution < 1.29 is 13.0 Å². The monoisotopic (exact) mass is 341 g/mol. The van der Waals surface area contributed by atoms with E-state index < -0.39 is 10.1 Å². The molecule has 0 unspecified atom stereocenters. The van der Waals surface area contributed by atoms with E-state index in [1.54, 1.807) is 12.1 Å². The van der Waals surface area contributed by atoms with Crippen molar-refractivity contribution in [3.63, 3.8) is 0 Å². The van der Waals surface area contributed by atoms with Gasteiger partial charge in [-0.3, -0.25) is 4.55 Å². The fourth-order valence-electron chi connectivity index (χ4n) is 2.07. The van der Waals surface area contributed by atoms with E-state index in [1.165, 1.54) is 50.3 Å². The third kappa shape index (κ3) is 11.1. The molecular weight excluding hydrogens is 310 g/mol. The van der Waals surface area contributed by atoms with Crippen molar-refractivity contribution in [1.29, 1.82) is 0 Å². The lowest BCUT2D eigenvalue weighted by atomic mass is 9.98. The molecule has 132 valence electrons.